The first-order chi connectivity index (χ1) is 10.9. The first-order valence-corrected chi connectivity index (χ1v) is 6.92. The van der Waals surface area contributed by atoms with Gasteiger partial charge in [-0.2, -0.15) is 9.97 Å². The van der Waals surface area contributed by atoms with Crippen molar-refractivity contribution in [3.8, 4) is 6.01 Å². The molecule has 122 valence electrons. The second kappa shape index (κ2) is 6.99. The van der Waals surface area contributed by atoms with E-state index in [0.717, 1.165) is 12.1 Å². The van der Waals surface area contributed by atoms with Crippen molar-refractivity contribution in [1.82, 2.24) is 9.97 Å². The van der Waals surface area contributed by atoms with Crippen LogP contribution in [-0.2, 0) is 0 Å². The number of nitrogens with zero attached hydrogens (tertiary/aromatic N) is 2. The van der Waals surface area contributed by atoms with Crippen LogP contribution in [0.1, 0.15) is 18.3 Å². The summed E-state index contributed by atoms with van der Waals surface area (Å²) in [5, 5.41) is 4.62. The van der Waals surface area contributed by atoms with Gasteiger partial charge in [-0.15, -0.1) is 0 Å². The molecule has 0 spiro atoms. The van der Waals surface area contributed by atoms with E-state index >= 15 is 0 Å². The van der Waals surface area contributed by atoms with Crippen molar-refractivity contribution in [2.45, 2.75) is 20.8 Å². The number of para-hydroxylation sites is 1. The third-order valence-corrected chi connectivity index (χ3v) is 2.96. The fraction of sp³-hybridized carbons (Fsp3) is 0.267. The topological polar surface area (TPSA) is 76.1 Å². The summed E-state index contributed by atoms with van der Waals surface area (Å²) in [5.74, 6) is -1.73. The first kappa shape index (κ1) is 16.6. The van der Waals surface area contributed by atoms with Crippen LogP contribution in [0.15, 0.2) is 18.2 Å². The van der Waals surface area contributed by atoms with Gasteiger partial charge in [0.1, 0.15) is 17.3 Å². The maximum absolute atomic E-state index is 13.5. The van der Waals surface area contributed by atoms with Crippen LogP contribution >= 0.6 is 0 Å². The summed E-state index contributed by atoms with van der Waals surface area (Å²) in [6, 6.07) is 2.72. The van der Waals surface area contributed by atoms with Crippen molar-refractivity contribution in [2.75, 3.05) is 17.2 Å². The van der Waals surface area contributed by atoms with Gasteiger partial charge in [0.2, 0.25) is 0 Å². The van der Waals surface area contributed by atoms with Gasteiger partial charge in [-0.1, -0.05) is 6.07 Å². The highest BCUT2D eigenvalue weighted by Crippen LogP contribution is 2.21. The molecule has 0 unspecified atom stereocenters. The van der Waals surface area contributed by atoms with E-state index in [2.05, 4.69) is 20.6 Å². The lowest BCUT2D eigenvalue weighted by atomic mass is 10.3. The summed E-state index contributed by atoms with van der Waals surface area (Å²) in [5.41, 5.74) is 0.782. The van der Waals surface area contributed by atoms with E-state index in [1.165, 1.54) is 6.07 Å². The molecule has 2 N–H and O–H groups in total. The molecule has 2 rings (SSSR count). The van der Waals surface area contributed by atoms with E-state index in [0.29, 0.717) is 23.7 Å². The van der Waals surface area contributed by atoms with Gasteiger partial charge in [0, 0.05) is 0 Å². The molecule has 1 aromatic carbocycles. The van der Waals surface area contributed by atoms with Crippen LogP contribution in [0.3, 0.4) is 0 Å². The monoisotopic (exact) mass is 322 g/mol. The quantitative estimate of drug-likeness (QED) is 0.904. The SMILES string of the molecule is CCOc1nc(C)c(NC(=O)Nc2c(F)cccc2F)c(C)n1. The maximum atomic E-state index is 13.5. The minimum Gasteiger partial charge on any atom is -0.464 e. The molecule has 0 saturated carbocycles. The van der Waals surface area contributed by atoms with Crippen LogP contribution in [0.2, 0.25) is 0 Å². The van der Waals surface area contributed by atoms with E-state index in [4.69, 9.17) is 4.74 Å². The van der Waals surface area contributed by atoms with Crippen molar-refractivity contribution >= 4 is 17.4 Å². The normalized spacial score (nSPS) is 10.3. The Bertz CT molecular complexity index is 694. The van der Waals surface area contributed by atoms with Crippen LogP contribution < -0.4 is 15.4 Å². The molecule has 2 aromatic rings. The average molecular weight is 322 g/mol. The second-order valence-electron chi connectivity index (χ2n) is 4.66. The van der Waals surface area contributed by atoms with Gasteiger partial charge in [-0.25, -0.2) is 13.6 Å². The van der Waals surface area contributed by atoms with Crippen molar-refractivity contribution in [3.05, 3.63) is 41.2 Å². The number of rotatable bonds is 4. The number of amides is 2. The molecule has 0 fully saturated rings. The largest absolute Gasteiger partial charge is 0.464 e. The number of anilines is 2. The molecule has 0 bridgehead atoms. The van der Waals surface area contributed by atoms with Crippen LogP contribution in [0.25, 0.3) is 0 Å². The Labute approximate surface area is 131 Å². The van der Waals surface area contributed by atoms with Gasteiger partial charge in [0.05, 0.1) is 23.7 Å². The Morgan fingerprint density at radius 1 is 1.09 bits per heavy atom. The minimum atomic E-state index is -0.864. The number of benzene rings is 1. The lowest BCUT2D eigenvalue weighted by molar-refractivity contribution is 0.261. The number of carbonyl (C=O) groups is 1. The molecule has 2 amide bonds. The number of carbonyl (C=O) groups excluding carboxylic acids is 1. The molecule has 0 radical (unpaired) electrons. The Morgan fingerprint density at radius 3 is 2.13 bits per heavy atom. The highest BCUT2D eigenvalue weighted by molar-refractivity contribution is 6.00. The zero-order valence-electron chi connectivity index (χ0n) is 12.9. The molecule has 0 saturated heterocycles. The fourth-order valence-corrected chi connectivity index (χ4v) is 1.94. The van der Waals surface area contributed by atoms with E-state index in [-0.39, 0.29) is 6.01 Å². The molecule has 0 aliphatic heterocycles. The Kier molecular flexibility index (Phi) is 5.05. The molecule has 6 nitrogen and oxygen atoms in total. The number of aromatic nitrogens is 2. The van der Waals surface area contributed by atoms with Crippen LogP contribution in [-0.4, -0.2) is 22.6 Å². The zero-order chi connectivity index (χ0) is 17.0. The van der Waals surface area contributed by atoms with Crippen molar-refractivity contribution in [3.63, 3.8) is 0 Å². The lowest BCUT2D eigenvalue weighted by Crippen LogP contribution is -2.22. The number of halogens is 2. The van der Waals surface area contributed by atoms with E-state index < -0.39 is 23.4 Å². The molecule has 0 aliphatic carbocycles. The number of hydrogen-bond donors (Lipinski definition) is 2. The van der Waals surface area contributed by atoms with Gasteiger partial charge < -0.3 is 15.4 Å². The third-order valence-electron chi connectivity index (χ3n) is 2.96. The van der Waals surface area contributed by atoms with Crippen LogP contribution in [0.4, 0.5) is 25.0 Å². The zero-order valence-corrected chi connectivity index (χ0v) is 12.9. The van der Waals surface area contributed by atoms with Crippen LogP contribution in [0.5, 0.6) is 6.01 Å². The highest BCUT2D eigenvalue weighted by atomic mass is 19.1. The molecule has 0 aliphatic rings. The fourth-order valence-electron chi connectivity index (χ4n) is 1.94. The lowest BCUT2D eigenvalue weighted by Gasteiger charge is -2.13. The van der Waals surface area contributed by atoms with Gasteiger partial charge in [0.15, 0.2) is 0 Å². The summed E-state index contributed by atoms with van der Waals surface area (Å²) in [7, 11) is 0. The standard InChI is InChI=1S/C15H16F2N4O2/c1-4-23-15-18-8(2)12(9(3)19-15)20-14(22)21-13-10(16)6-5-7-11(13)17/h5-7H,4H2,1-3H3,(H2,20,21,22). The van der Waals surface area contributed by atoms with Gasteiger partial charge >= 0.3 is 12.0 Å². The summed E-state index contributed by atoms with van der Waals surface area (Å²) in [4.78, 5) is 20.1. The highest BCUT2D eigenvalue weighted by Gasteiger charge is 2.15. The Morgan fingerprint density at radius 2 is 1.61 bits per heavy atom. The average Bonchev–Trinajstić information content (AvgIpc) is 2.47. The molecular weight excluding hydrogens is 306 g/mol. The van der Waals surface area contributed by atoms with Gasteiger partial charge in [-0.05, 0) is 32.9 Å². The molecule has 8 heteroatoms. The maximum Gasteiger partial charge on any atom is 0.323 e. The number of hydrogen-bond acceptors (Lipinski definition) is 4. The van der Waals surface area contributed by atoms with E-state index in [1.54, 1.807) is 20.8 Å². The predicted octanol–water partition coefficient (Wildman–Crippen LogP) is 3.41. The molecule has 0 atom stereocenters. The van der Waals surface area contributed by atoms with Crippen LogP contribution in [0, 0.1) is 25.5 Å². The Hall–Kier alpha value is -2.77. The van der Waals surface area contributed by atoms with Gasteiger partial charge in [0.25, 0.3) is 0 Å². The summed E-state index contributed by atoms with van der Waals surface area (Å²) in [6.45, 7) is 5.54. The Balaban J connectivity index is 2.17. The molecule has 23 heavy (non-hydrogen) atoms. The van der Waals surface area contributed by atoms with E-state index in [1.807, 2.05) is 0 Å². The smallest absolute Gasteiger partial charge is 0.323 e. The van der Waals surface area contributed by atoms with Crippen molar-refractivity contribution in [2.24, 2.45) is 0 Å². The minimum absolute atomic E-state index is 0.202. The van der Waals surface area contributed by atoms with Crippen molar-refractivity contribution < 1.29 is 18.3 Å². The summed E-state index contributed by atoms with van der Waals surface area (Å²) in [6.07, 6.45) is 0. The second-order valence-corrected chi connectivity index (χ2v) is 4.66. The molecule has 1 aromatic heterocycles. The number of urea groups is 1. The summed E-state index contributed by atoms with van der Waals surface area (Å²) < 4.78 is 32.2. The predicted molar refractivity (Wildman–Crippen MR) is 81.7 cm³/mol. The number of aryl methyl sites for hydroxylation is 2. The van der Waals surface area contributed by atoms with Crippen molar-refractivity contribution in [1.29, 1.82) is 0 Å². The third kappa shape index (κ3) is 3.91. The first-order valence-electron chi connectivity index (χ1n) is 6.92. The van der Waals surface area contributed by atoms with Gasteiger partial charge in [-0.3, -0.25) is 0 Å². The number of nitrogens with one attached hydrogen (secondary N) is 2. The number of ether oxygens (including phenoxy) is 1. The van der Waals surface area contributed by atoms with E-state index in [9.17, 15) is 13.6 Å². The molecule has 1 heterocycles. The summed E-state index contributed by atoms with van der Waals surface area (Å²) >= 11 is 0. The molecular formula is C15H16F2N4O2.